The standard InChI is InChI=1S/C15H22N2O2/c16-15(7-1-2-8-15)9-14(19)17-10-12-3-5-13(11-18)6-4-12/h3-6,18H,1-2,7-11,16H2,(H,17,19). The van der Waals surface area contributed by atoms with Crippen LogP contribution in [-0.4, -0.2) is 16.6 Å². The summed E-state index contributed by atoms with van der Waals surface area (Å²) < 4.78 is 0. The van der Waals surface area contributed by atoms with E-state index in [9.17, 15) is 4.79 Å². The number of nitrogens with one attached hydrogen (secondary N) is 1. The number of nitrogens with two attached hydrogens (primary N) is 1. The number of aliphatic hydroxyl groups excluding tert-OH is 1. The summed E-state index contributed by atoms with van der Waals surface area (Å²) in [5.41, 5.74) is 7.80. The van der Waals surface area contributed by atoms with Crippen molar-refractivity contribution in [3.63, 3.8) is 0 Å². The summed E-state index contributed by atoms with van der Waals surface area (Å²) in [6.07, 6.45) is 4.58. The van der Waals surface area contributed by atoms with Crippen LogP contribution in [0.25, 0.3) is 0 Å². The van der Waals surface area contributed by atoms with Crippen molar-refractivity contribution in [3.8, 4) is 0 Å². The lowest BCUT2D eigenvalue weighted by molar-refractivity contribution is -0.122. The summed E-state index contributed by atoms with van der Waals surface area (Å²) in [6, 6.07) is 7.56. The van der Waals surface area contributed by atoms with Crippen molar-refractivity contribution in [1.82, 2.24) is 5.32 Å². The smallest absolute Gasteiger partial charge is 0.222 e. The summed E-state index contributed by atoms with van der Waals surface area (Å²) in [7, 11) is 0. The highest BCUT2D eigenvalue weighted by Gasteiger charge is 2.31. The van der Waals surface area contributed by atoms with Crippen LogP contribution in [-0.2, 0) is 17.9 Å². The normalized spacial score (nSPS) is 17.4. The van der Waals surface area contributed by atoms with E-state index >= 15 is 0 Å². The third-order valence-corrected chi connectivity index (χ3v) is 3.81. The SMILES string of the molecule is NC1(CC(=O)NCc2ccc(CO)cc2)CCCC1. The highest BCUT2D eigenvalue weighted by molar-refractivity contribution is 5.77. The largest absolute Gasteiger partial charge is 0.392 e. The third-order valence-electron chi connectivity index (χ3n) is 3.81. The number of aliphatic hydroxyl groups is 1. The van der Waals surface area contributed by atoms with Crippen LogP contribution in [0.4, 0.5) is 0 Å². The molecule has 0 bridgehead atoms. The molecule has 1 fully saturated rings. The maximum absolute atomic E-state index is 11.9. The number of carbonyl (C=O) groups excluding carboxylic acids is 1. The van der Waals surface area contributed by atoms with Crippen LogP contribution in [0.3, 0.4) is 0 Å². The number of benzene rings is 1. The zero-order valence-corrected chi connectivity index (χ0v) is 11.2. The predicted octanol–water partition coefficient (Wildman–Crippen LogP) is 1.46. The highest BCUT2D eigenvalue weighted by Crippen LogP contribution is 2.29. The van der Waals surface area contributed by atoms with Crippen molar-refractivity contribution in [2.24, 2.45) is 5.73 Å². The van der Waals surface area contributed by atoms with E-state index in [0.717, 1.165) is 36.8 Å². The van der Waals surface area contributed by atoms with Gasteiger partial charge in [0.25, 0.3) is 0 Å². The first-order valence-corrected chi connectivity index (χ1v) is 6.86. The molecule has 0 unspecified atom stereocenters. The Labute approximate surface area is 114 Å². The summed E-state index contributed by atoms with van der Waals surface area (Å²) in [5, 5.41) is 11.9. The molecule has 2 rings (SSSR count). The highest BCUT2D eigenvalue weighted by atomic mass is 16.3. The topological polar surface area (TPSA) is 75.4 Å². The minimum Gasteiger partial charge on any atom is -0.392 e. The number of rotatable bonds is 5. The fourth-order valence-corrected chi connectivity index (χ4v) is 2.60. The van der Waals surface area contributed by atoms with Gasteiger partial charge < -0.3 is 16.2 Å². The molecule has 0 heterocycles. The van der Waals surface area contributed by atoms with Gasteiger partial charge in [-0.1, -0.05) is 37.1 Å². The zero-order chi connectivity index (χ0) is 13.7. The third kappa shape index (κ3) is 4.04. The Morgan fingerprint density at radius 3 is 2.37 bits per heavy atom. The van der Waals surface area contributed by atoms with E-state index in [1.54, 1.807) is 0 Å². The molecule has 0 saturated heterocycles. The van der Waals surface area contributed by atoms with Crippen molar-refractivity contribution >= 4 is 5.91 Å². The van der Waals surface area contributed by atoms with Crippen molar-refractivity contribution in [1.29, 1.82) is 0 Å². The molecule has 0 radical (unpaired) electrons. The van der Waals surface area contributed by atoms with E-state index in [4.69, 9.17) is 10.8 Å². The lowest BCUT2D eigenvalue weighted by Crippen LogP contribution is -2.41. The molecule has 4 nitrogen and oxygen atoms in total. The molecule has 4 N–H and O–H groups in total. The first-order valence-electron chi connectivity index (χ1n) is 6.86. The molecule has 0 spiro atoms. The zero-order valence-electron chi connectivity index (χ0n) is 11.2. The predicted molar refractivity (Wildman–Crippen MR) is 74.2 cm³/mol. The second-order valence-corrected chi connectivity index (χ2v) is 5.50. The van der Waals surface area contributed by atoms with Crippen LogP contribution in [0.5, 0.6) is 0 Å². The van der Waals surface area contributed by atoms with E-state index < -0.39 is 0 Å². The number of amides is 1. The minimum atomic E-state index is -0.287. The van der Waals surface area contributed by atoms with Gasteiger partial charge in [0.1, 0.15) is 0 Å². The van der Waals surface area contributed by atoms with Crippen molar-refractivity contribution < 1.29 is 9.90 Å². The maximum atomic E-state index is 11.9. The molecule has 1 saturated carbocycles. The van der Waals surface area contributed by atoms with Crippen LogP contribution in [0.15, 0.2) is 24.3 Å². The molecule has 1 aromatic rings. The summed E-state index contributed by atoms with van der Waals surface area (Å²) >= 11 is 0. The quantitative estimate of drug-likeness (QED) is 0.752. The van der Waals surface area contributed by atoms with Gasteiger partial charge in [-0.05, 0) is 24.0 Å². The number of hydrogen-bond acceptors (Lipinski definition) is 3. The molecule has 1 amide bonds. The first-order chi connectivity index (χ1) is 9.11. The van der Waals surface area contributed by atoms with Crippen molar-refractivity contribution in [3.05, 3.63) is 35.4 Å². The van der Waals surface area contributed by atoms with Gasteiger partial charge in [0.2, 0.25) is 5.91 Å². The lowest BCUT2D eigenvalue weighted by Gasteiger charge is -2.22. The van der Waals surface area contributed by atoms with E-state index in [-0.39, 0.29) is 18.1 Å². The van der Waals surface area contributed by atoms with Gasteiger partial charge in [-0.3, -0.25) is 4.79 Å². The van der Waals surface area contributed by atoms with Gasteiger partial charge in [0.05, 0.1) is 6.61 Å². The van der Waals surface area contributed by atoms with Crippen molar-refractivity contribution in [2.75, 3.05) is 0 Å². The Kier molecular flexibility index (Phi) is 4.56. The van der Waals surface area contributed by atoms with Gasteiger partial charge >= 0.3 is 0 Å². The number of carbonyl (C=O) groups is 1. The Morgan fingerprint density at radius 2 is 1.79 bits per heavy atom. The average Bonchev–Trinajstić information content (AvgIpc) is 2.83. The van der Waals surface area contributed by atoms with Gasteiger partial charge in [0, 0.05) is 18.5 Å². The summed E-state index contributed by atoms with van der Waals surface area (Å²) in [4.78, 5) is 11.9. The van der Waals surface area contributed by atoms with Gasteiger partial charge in [-0.25, -0.2) is 0 Å². The minimum absolute atomic E-state index is 0.0237. The molecule has 1 aromatic carbocycles. The molecule has 0 atom stereocenters. The molecular weight excluding hydrogens is 240 g/mol. The van der Waals surface area contributed by atoms with Crippen LogP contribution in [0.1, 0.15) is 43.2 Å². The lowest BCUT2D eigenvalue weighted by atomic mass is 9.94. The Bertz CT molecular complexity index is 422. The average molecular weight is 262 g/mol. The molecular formula is C15H22N2O2. The Balaban J connectivity index is 1.79. The van der Waals surface area contributed by atoms with E-state index in [1.807, 2.05) is 24.3 Å². The number of hydrogen-bond donors (Lipinski definition) is 3. The molecule has 4 heteroatoms. The fourth-order valence-electron chi connectivity index (χ4n) is 2.60. The van der Waals surface area contributed by atoms with Crippen LogP contribution in [0, 0.1) is 0 Å². The van der Waals surface area contributed by atoms with Gasteiger partial charge in [0.15, 0.2) is 0 Å². The van der Waals surface area contributed by atoms with Crippen LogP contribution < -0.4 is 11.1 Å². The molecule has 0 aromatic heterocycles. The second-order valence-electron chi connectivity index (χ2n) is 5.50. The summed E-state index contributed by atoms with van der Waals surface area (Å²) in [6.45, 7) is 0.558. The molecule has 19 heavy (non-hydrogen) atoms. The molecule has 1 aliphatic carbocycles. The van der Waals surface area contributed by atoms with E-state index in [1.165, 1.54) is 0 Å². The molecule has 1 aliphatic rings. The van der Waals surface area contributed by atoms with E-state index in [0.29, 0.717) is 13.0 Å². The Morgan fingerprint density at radius 1 is 1.21 bits per heavy atom. The first kappa shape index (κ1) is 14.0. The fraction of sp³-hybridized carbons (Fsp3) is 0.533. The van der Waals surface area contributed by atoms with Gasteiger partial charge in [-0.2, -0.15) is 0 Å². The van der Waals surface area contributed by atoms with Crippen LogP contribution in [0.2, 0.25) is 0 Å². The van der Waals surface area contributed by atoms with Crippen LogP contribution >= 0.6 is 0 Å². The summed E-state index contributed by atoms with van der Waals surface area (Å²) in [5.74, 6) is 0.0237. The maximum Gasteiger partial charge on any atom is 0.222 e. The monoisotopic (exact) mass is 262 g/mol. The van der Waals surface area contributed by atoms with Gasteiger partial charge in [-0.15, -0.1) is 0 Å². The molecule has 0 aliphatic heterocycles. The van der Waals surface area contributed by atoms with E-state index in [2.05, 4.69) is 5.32 Å². The molecule has 104 valence electrons. The second kappa shape index (κ2) is 6.17. The van der Waals surface area contributed by atoms with Crippen molar-refractivity contribution in [2.45, 2.75) is 50.8 Å². The Hall–Kier alpha value is -1.39.